The molecule has 1 aliphatic carbocycles. The Balaban J connectivity index is 2.08. The molecule has 86 valence electrons. The normalized spacial score (nSPS) is 45.1. The van der Waals surface area contributed by atoms with Crippen molar-refractivity contribution in [3.63, 3.8) is 0 Å². The van der Waals surface area contributed by atoms with E-state index in [0.29, 0.717) is 36.4 Å². The Hall–Kier alpha value is -0.570. The van der Waals surface area contributed by atoms with E-state index in [4.69, 9.17) is 9.84 Å². The fourth-order valence-corrected chi connectivity index (χ4v) is 3.37. The molecule has 15 heavy (non-hydrogen) atoms. The zero-order valence-corrected chi connectivity index (χ0v) is 9.48. The van der Waals surface area contributed by atoms with Gasteiger partial charge in [-0.3, -0.25) is 4.79 Å². The van der Waals surface area contributed by atoms with Gasteiger partial charge >= 0.3 is 5.97 Å². The number of hydrogen-bond acceptors (Lipinski definition) is 2. The lowest BCUT2D eigenvalue weighted by Crippen LogP contribution is -2.33. The molecule has 0 aromatic carbocycles. The van der Waals surface area contributed by atoms with Gasteiger partial charge in [0.2, 0.25) is 0 Å². The maximum Gasteiger partial charge on any atom is 0.303 e. The number of aliphatic carboxylic acids is 1. The molecule has 2 rings (SSSR count). The van der Waals surface area contributed by atoms with Crippen LogP contribution in [0.3, 0.4) is 0 Å². The highest BCUT2D eigenvalue weighted by molar-refractivity contribution is 5.67. The van der Waals surface area contributed by atoms with Gasteiger partial charge in [0.25, 0.3) is 0 Å². The van der Waals surface area contributed by atoms with Crippen LogP contribution in [0.15, 0.2) is 0 Å². The van der Waals surface area contributed by atoms with Crippen LogP contribution in [0.4, 0.5) is 0 Å². The summed E-state index contributed by atoms with van der Waals surface area (Å²) in [6, 6.07) is 0. The molecule has 0 aromatic rings. The lowest BCUT2D eigenvalue weighted by Gasteiger charge is -2.33. The van der Waals surface area contributed by atoms with Gasteiger partial charge in [0.15, 0.2) is 0 Å². The largest absolute Gasteiger partial charge is 0.481 e. The molecule has 2 aliphatic rings. The summed E-state index contributed by atoms with van der Waals surface area (Å²) in [5.74, 6) is 0.665. The number of carboxylic acids is 1. The van der Waals surface area contributed by atoms with Crippen molar-refractivity contribution in [3.05, 3.63) is 0 Å². The minimum atomic E-state index is -0.660. The van der Waals surface area contributed by atoms with E-state index >= 15 is 0 Å². The summed E-state index contributed by atoms with van der Waals surface area (Å²) in [6.07, 6.45) is 4.26. The summed E-state index contributed by atoms with van der Waals surface area (Å²) in [7, 11) is 0. The molecule has 1 N–H and O–H groups in total. The second kappa shape index (κ2) is 4.12. The Morgan fingerprint density at radius 3 is 2.80 bits per heavy atom. The second-order valence-corrected chi connectivity index (χ2v) is 5.10. The molecule has 1 saturated carbocycles. The molecule has 0 unspecified atom stereocenters. The first kappa shape index (κ1) is 10.9. The van der Waals surface area contributed by atoms with Crippen molar-refractivity contribution in [1.82, 2.24) is 0 Å². The van der Waals surface area contributed by atoms with Crippen LogP contribution < -0.4 is 0 Å². The number of fused-ring (bicyclic) bond motifs is 1. The van der Waals surface area contributed by atoms with Crippen LogP contribution in [0.2, 0.25) is 0 Å². The van der Waals surface area contributed by atoms with Crippen LogP contribution in [-0.4, -0.2) is 23.3 Å². The Morgan fingerprint density at radius 2 is 2.13 bits per heavy atom. The smallest absolute Gasteiger partial charge is 0.303 e. The van der Waals surface area contributed by atoms with Crippen LogP contribution in [0.25, 0.3) is 0 Å². The molecule has 0 spiro atoms. The third kappa shape index (κ3) is 2.03. The third-order valence-corrected chi connectivity index (χ3v) is 4.21. The minimum Gasteiger partial charge on any atom is -0.481 e. The van der Waals surface area contributed by atoms with Gasteiger partial charge in [-0.05, 0) is 37.5 Å². The standard InChI is InChI=1S/C12H20O3/c1-7-8(2)15-10-5-3-4-9(12(7)10)6-11(13)14/h7-10,12H,3-6H2,1-2H3,(H,13,14)/t7-,8+,9-,10-,12+/m1/s1. The van der Waals surface area contributed by atoms with Crippen molar-refractivity contribution in [1.29, 1.82) is 0 Å². The molecule has 1 aliphatic heterocycles. The molecule has 1 heterocycles. The van der Waals surface area contributed by atoms with Crippen LogP contribution in [0.5, 0.6) is 0 Å². The highest BCUT2D eigenvalue weighted by atomic mass is 16.5. The molecule has 0 bridgehead atoms. The predicted molar refractivity (Wildman–Crippen MR) is 56.6 cm³/mol. The van der Waals surface area contributed by atoms with E-state index in [-0.39, 0.29) is 0 Å². The van der Waals surface area contributed by atoms with Gasteiger partial charge in [-0.1, -0.05) is 13.3 Å². The van der Waals surface area contributed by atoms with E-state index in [9.17, 15) is 4.79 Å². The minimum absolute atomic E-state index is 0.300. The van der Waals surface area contributed by atoms with Gasteiger partial charge in [0.05, 0.1) is 12.2 Å². The van der Waals surface area contributed by atoms with Crippen LogP contribution >= 0.6 is 0 Å². The Bertz CT molecular complexity index is 251. The third-order valence-electron chi connectivity index (χ3n) is 4.21. The Kier molecular flexibility index (Phi) is 3.01. The average Bonchev–Trinajstić information content (AvgIpc) is 2.43. The summed E-state index contributed by atoms with van der Waals surface area (Å²) in [6.45, 7) is 4.32. The SMILES string of the molecule is C[C@H]1[C@H]2[C@@H](CC(=O)O)CCC[C@H]2O[C@H]1C. The maximum atomic E-state index is 10.8. The first-order valence-corrected chi connectivity index (χ1v) is 5.97. The second-order valence-electron chi connectivity index (χ2n) is 5.10. The van der Waals surface area contributed by atoms with Gasteiger partial charge < -0.3 is 9.84 Å². The van der Waals surface area contributed by atoms with Crippen molar-refractivity contribution >= 4 is 5.97 Å². The summed E-state index contributed by atoms with van der Waals surface area (Å²) in [5.41, 5.74) is 0. The summed E-state index contributed by atoms with van der Waals surface area (Å²) in [4.78, 5) is 10.8. The zero-order valence-electron chi connectivity index (χ0n) is 9.48. The van der Waals surface area contributed by atoms with E-state index in [0.717, 1.165) is 19.3 Å². The van der Waals surface area contributed by atoms with E-state index in [1.165, 1.54) is 0 Å². The van der Waals surface area contributed by atoms with Crippen LogP contribution in [0, 0.1) is 17.8 Å². The molecule has 0 aromatic heterocycles. The van der Waals surface area contributed by atoms with Crippen molar-refractivity contribution in [2.75, 3.05) is 0 Å². The molecular weight excluding hydrogens is 192 g/mol. The van der Waals surface area contributed by atoms with Crippen molar-refractivity contribution < 1.29 is 14.6 Å². The van der Waals surface area contributed by atoms with E-state index in [2.05, 4.69) is 13.8 Å². The summed E-state index contributed by atoms with van der Waals surface area (Å²) >= 11 is 0. The monoisotopic (exact) mass is 212 g/mol. The van der Waals surface area contributed by atoms with E-state index < -0.39 is 5.97 Å². The van der Waals surface area contributed by atoms with Gasteiger partial charge in [-0.25, -0.2) is 0 Å². The molecule has 5 atom stereocenters. The maximum absolute atomic E-state index is 10.8. The molecule has 3 nitrogen and oxygen atoms in total. The first-order valence-electron chi connectivity index (χ1n) is 5.97. The zero-order chi connectivity index (χ0) is 11.0. The van der Waals surface area contributed by atoms with Crippen LogP contribution in [0.1, 0.15) is 39.5 Å². The van der Waals surface area contributed by atoms with Crippen molar-refractivity contribution in [2.45, 2.75) is 51.7 Å². The number of hydrogen-bond donors (Lipinski definition) is 1. The first-order chi connectivity index (χ1) is 7.09. The predicted octanol–water partition coefficient (Wildman–Crippen LogP) is 2.30. The summed E-state index contributed by atoms with van der Waals surface area (Å²) in [5, 5.41) is 8.90. The molecule has 2 fully saturated rings. The molecular formula is C12H20O3. The highest BCUT2D eigenvalue weighted by Crippen LogP contribution is 2.45. The van der Waals surface area contributed by atoms with Crippen molar-refractivity contribution in [2.24, 2.45) is 17.8 Å². The Labute approximate surface area is 90.8 Å². The van der Waals surface area contributed by atoms with Gasteiger partial charge in [-0.15, -0.1) is 0 Å². The van der Waals surface area contributed by atoms with Crippen LogP contribution in [-0.2, 0) is 9.53 Å². The number of carboxylic acid groups (broad SMARTS) is 1. The topological polar surface area (TPSA) is 46.5 Å². The number of rotatable bonds is 2. The fraction of sp³-hybridized carbons (Fsp3) is 0.917. The van der Waals surface area contributed by atoms with Gasteiger partial charge in [0, 0.05) is 6.42 Å². The number of carbonyl (C=O) groups is 1. The lowest BCUT2D eigenvalue weighted by atomic mass is 9.71. The van der Waals surface area contributed by atoms with Gasteiger partial charge in [-0.2, -0.15) is 0 Å². The summed E-state index contributed by atoms with van der Waals surface area (Å²) < 4.78 is 5.90. The highest BCUT2D eigenvalue weighted by Gasteiger charge is 2.45. The molecule has 3 heteroatoms. The molecule has 1 saturated heterocycles. The van der Waals surface area contributed by atoms with E-state index in [1.807, 2.05) is 0 Å². The number of ether oxygens (including phenoxy) is 1. The quantitative estimate of drug-likeness (QED) is 0.764. The fourth-order valence-electron chi connectivity index (χ4n) is 3.37. The van der Waals surface area contributed by atoms with E-state index in [1.54, 1.807) is 0 Å². The lowest BCUT2D eigenvalue weighted by molar-refractivity contribution is -0.139. The Morgan fingerprint density at radius 1 is 1.40 bits per heavy atom. The molecule has 0 amide bonds. The average molecular weight is 212 g/mol. The molecule has 0 radical (unpaired) electrons. The van der Waals surface area contributed by atoms with Crippen molar-refractivity contribution in [3.8, 4) is 0 Å². The van der Waals surface area contributed by atoms with Gasteiger partial charge in [0.1, 0.15) is 0 Å².